The number of hydrogen-bond donors (Lipinski definition) is 2. The number of ether oxygens (including phenoxy) is 1. The Balaban J connectivity index is 2.16. The molecule has 0 fully saturated rings. The number of rotatable bonds is 4. The first-order valence-electron chi connectivity index (χ1n) is 6.42. The van der Waals surface area contributed by atoms with E-state index in [1.807, 2.05) is 18.2 Å². The number of nitrogens with one attached hydrogen (secondary N) is 2. The Morgan fingerprint density at radius 1 is 1.00 bits per heavy atom. The molecule has 21 heavy (non-hydrogen) atoms. The summed E-state index contributed by atoms with van der Waals surface area (Å²) in [6.45, 7) is 1.47. The Labute approximate surface area is 122 Å². The molecule has 0 unspecified atom stereocenters. The molecule has 0 aliphatic rings. The van der Waals surface area contributed by atoms with Gasteiger partial charge in [-0.05, 0) is 37.3 Å². The first-order valence-corrected chi connectivity index (χ1v) is 6.42. The molecule has 0 bridgehead atoms. The molecule has 2 rings (SSSR count). The summed E-state index contributed by atoms with van der Waals surface area (Å²) in [7, 11) is 1.50. The number of amides is 2. The number of carbonyl (C=O) groups excluding carboxylic acids is 2. The van der Waals surface area contributed by atoms with Gasteiger partial charge in [-0.15, -0.1) is 0 Å². The maximum atomic E-state index is 12.0. The van der Waals surface area contributed by atoms with E-state index in [0.717, 1.165) is 0 Å². The highest BCUT2D eigenvalue weighted by molar-refractivity contribution is 6.02. The lowest BCUT2D eigenvalue weighted by molar-refractivity contribution is 0.101. The van der Waals surface area contributed by atoms with Gasteiger partial charge in [0.15, 0.2) is 5.78 Å². The van der Waals surface area contributed by atoms with Gasteiger partial charge in [0, 0.05) is 11.3 Å². The third kappa shape index (κ3) is 3.82. The molecule has 5 nitrogen and oxygen atoms in total. The van der Waals surface area contributed by atoms with Crippen molar-refractivity contribution in [2.24, 2.45) is 0 Å². The van der Waals surface area contributed by atoms with E-state index in [-0.39, 0.29) is 5.78 Å². The number of benzene rings is 2. The van der Waals surface area contributed by atoms with Gasteiger partial charge >= 0.3 is 6.03 Å². The lowest BCUT2D eigenvalue weighted by Crippen LogP contribution is -2.20. The van der Waals surface area contributed by atoms with Crippen LogP contribution in [0.4, 0.5) is 16.2 Å². The Hall–Kier alpha value is -2.82. The first kappa shape index (κ1) is 14.6. The molecule has 108 valence electrons. The molecule has 0 aliphatic heterocycles. The highest BCUT2D eigenvalue weighted by Crippen LogP contribution is 2.26. The van der Waals surface area contributed by atoms with Crippen molar-refractivity contribution in [3.63, 3.8) is 0 Å². The van der Waals surface area contributed by atoms with E-state index >= 15 is 0 Å². The monoisotopic (exact) mass is 284 g/mol. The van der Waals surface area contributed by atoms with Crippen LogP contribution in [0, 0.1) is 0 Å². The van der Waals surface area contributed by atoms with Gasteiger partial charge in [0.05, 0.1) is 12.8 Å². The van der Waals surface area contributed by atoms with Gasteiger partial charge in [-0.3, -0.25) is 4.79 Å². The molecule has 0 spiro atoms. The van der Waals surface area contributed by atoms with Crippen LogP contribution in [0.1, 0.15) is 17.3 Å². The second-order valence-corrected chi connectivity index (χ2v) is 4.42. The van der Waals surface area contributed by atoms with Crippen molar-refractivity contribution in [2.75, 3.05) is 17.7 Å². The van der Waals surface area contributed by atoms with Gasteiger partial charge in [0.2, 0.25) is 0 Å². The van der Waals surface area contributed by atoms with Crippen LogP contribution in [-0.4, -0.2) is 18.9 Å². The average Bonchev–Trinajstić information content (AvgIpc) is 2.48. The number of methoxy groups -OCH3 is 1. The van der Waals surface area contributed by atoms with Gasteiger partial charge in [0.25, 0.3) is 0 Å². The highest BCUT2D eigenvalue weighted by atomic mass is 16.5. The fraction of sp³-hybridized carbons (Fsp3) is 0.125. The van der Waals surface area contributed by atoms with Gasteiger partial charge in [0.1, 0.15) is 5.75 Å². The van der Waals surface area contributed by atoms with E-state index in [4.69, 9.17) is 4.74 Å². The topological polar surface area (TPSA) is 67.4 Å². The highest BCUT2D eigenvalue weighted by Gasteiger charge is 2.10. The Morgan fingerprint density at radius 3 is 2.33 bits per heavy atom. The molecule has 2 aromatic rings. The van der Waals surface area contributed by atoms with Crippen molar-refractivity contribution in [3.8, 4) is 5.75 Å². The number of anilines is 2. The zero-order valence-corrected chi connectivity index (χ0v) is 11.8. The number of para-hydroxylation sites is 1. The molecule has 0 saturated heterocycles. The van der Waals surface area contributed by atoms with Crippen LogP contribution >= 0.6 is 0 Å². The molecular weight excluding hydrogens is 268 g/mol. The van der Waals surface area contributed by atoms with E-state index in [0.29, 0.717) is 22.7 Å². The molecule has 0 aromatic heterocycles. The third-order valence-corrected chi connectivity index (χ3v) is 2.89. The van der Waals surface area contributed by atoms with Gasteiger partial charge in [-0.1, -0.05) is 18.2 Å². The van der Waals surface area contributed by atoms with Crippen molar-refractivity contribution in [3.05, 3.63) is 54.1 Å². The average molecular weight is 284 g/mol. The van der Waals surface area contributed by atoms with Crippen molar-refractivity contribution < 1.29 is 14.3 Å². The summed E-state index contributed by atoms with van der Waals surface area (Å²) in [5.74, 6) is 0.410. The number of ketones is 1. The summed E-state index contributed by atoms with van der Waals surface area (Å²) in [5.41, 5.74) is 1.63. The summed E-state index contributed by atoms with van der Waals surface area (Å²) in [4.78, 5) is 23.4. The maximum Gasteiger partial charge on any atom is 0.323 e. The molecule has 0 heterocycles. The predicted molar refractivity (Wildman–Crippen MR) is 82.1 cm³/mol. The summed E-state index contributed by atoms with van der Waals surface area (Å²) >= 11 is 0. The quantitative estimate of drug-likeness (QED) is 0.844. The number of hydrogen-bond acceptors (Lipinski definition) is 3. The molecular formula is C16H16N2O3. The summed E-state index contributed by atoms with van der Waals surface area (Å²) in [6, 6.07) is 13.6. The lowest BCUT2D eigenvalue weighted by atomic mass is 10.1. The van der Waals surface area contributed by atoms with E-state index in [9.17, 15) is 9.59 Å². The summed E-state index contributed by atoms with van der Waals surface area (Å²) < 4.78 is 5.18. The minimum Gasteiger partial charge on any atom is -0.495 e. The number of Topliss-reactive ketones (excluding diaryl/α,β-unsaturated/α-hetero) is 1. The molecule has 0 atom stereocenters. The zero-order chi connectivity index (χ0) is 15.2. The normalized spacial score (nSPS) is 9.81. The minimum absolute atomic E-state index is 0.0795. The maximum absolute atomic E-state index is 12.0. The third-order valence-electron chi connectivity index (χ3n) is 2.89. The largest absolute Gasteiger partial charge is 0.495 e. The fourth-order valence-electron chi connectivity index (χ4n) is 1.83. The molecule has 2 N–H and O–H groups in total. The van der Waals surface area contributed by atoms with Gasteiger partial charge in [-0.2, -0.15) is 0 Å². The Kier molecular flexibility index (Phi) is 4.56. The molecule has 2 aromatic carbocycles. The zero-order valence-electron chi connectivity index (χ0n) is 11.8. The number of carbonyl (C=O) groups is 2. The van der Waals surface area contributed by atoms with E-state index in [2.05, 4.69) is 10.6 Å². The Bertz CT molecular complexity index is 654. The van der Waals surface area contributed by atoms with Gasteiger partial charge in [-0.25, -0.2) is 4.79 Å². The van der Waals surface area contributed by atoms with Crippen LogP contribution in [0.2, 0.25) is 0 Å². The number of urea groups is 1. The fourth-order valence-corrected chi connectivity index (χ4v) is 1.83. The molecule has 0 saturated carbocycles. The van der Waals surface area contributed by atoms with Crippen LogP contribution in [0.25, 0.3) is 0 Å². The first-order chi connectivity index (χ1) is 10.1. The smallest absolute Gasteiger partial charge is 0.323 e. The van der Waals surface area contributed by atoms with E-state index < -0.39 is 6.03 Å². The second-order valence-electron chi connectivity index (χ2n) is 4.42. The second kappa shape index (κ2) is 6.56. The van der Waals surface area contributed by atoms with Crippen molar-refractivity contribution in [1.82, 2.24) is 0 Å². The Morgan fingerprint density at radius 2 is 1.71 bits per heavy atom. The van der Waals surface area contributed by atoms with Crippen LogP contribution in [-0.2, 0) is 0 Å². The van der Waals surface area contributed by atoms with Crippen molar-refractivity contribution >= 4 is 23.2 Å². The van der Waals surface area contributed by atoms with Crippen LogP contribution < -0.4 is 15.4 Å². The van der Waals surface area contributed by atoms with Crippen LogP contribution in [0.5, 0.6) is 5.75 Å². The molecule has 0 radical (unpaired) electrons. The standard InChI is InChI=1S/C16H16N2O3/c1-11(19)12-8-9-15(21-2)14(10-12)18-16(20)17-13-6-4-3-5-7-13/h3-10H,1-2H3,(H2,17,18,20). The minimum atomic E-state index is -0.403. The predicted octanol–water partition coefficient (Wildman–Crippen LogP) is 3.54. The molecule has 2 amide bonds. The lowest BCUT2D eigenvalue weighted by Gasteiger charge is -2.12. The van der Waals surface area contributed by atoms with Crippen molar-refractivity contribution in [2.45, 2.75) is 6.92 Å². The molecule has 0 aliphatic carbocycles. The molecule has 5 heteroatoms. The van der Waals surface area contributed by atoms with Crippen molar-refractivity contribution in [1.29, 1.82) is 0 Å². The SMILES string of the molecule is COc1ccc(C(C)=O)cc1NC(=O)Nc1ccccc1. The summed E-state index contributed by atoms with van der Waals surface area (Å²) in [6.07, 6.45) is 0. The van der Waals surface area contributed by atoms with E-state index in [1.54, 1.807) is 30.3 Å². The van der Waals surface area contributed by atoms with E-state index in [1.165, 1.54) is 14.0 Å². The van der Waals surface area contributed by atoms with Crippen LogP contribution in [0.3, 0.4) is 0 Å². The van der Waals surface area contributed by atoms with Crippen LogP contribution in [0.15, 0.2) is 48.5 Å². The van der Waals surface area contributed by atoms with Gasteiger partial charge < -0.3 is 15.4 Å². The summed E-state index contributed by atoms with van der Waals surface area (Å²) in [5, 5.41) is 5.38.